The molecule has 1 radical (unpaired) electrons. The Morgan fingerprint density at radius 3 is 1.08 bits per heavy atom. The van der Waals surface area contributed by atoms with Gasteiger partial charge >= 0.3 is 0 Å². The minimum Gasteiger partial charge on any atom is -0.396 e. The van der Waals surface area contributed by atoms with Gasteiger partial charge < -0.3 is 10.2 Å². The van der Waals surface area contributed by atoms with E-state index < -0.39 is 0 Å². The predicted molar refractivity (Wildman–Crippen MR) is 58.8 cm³/mol. The van der Waals surface area contributed by atoms with Gasteiger partial charge in [-0.05, 0) is 11.8 Å². The van der Waals surface area contributed by atoms with E-state index in [2.05, 4.69) is 13.8 Å². The molecule has 77 valence electrons. The van der Waals surface area contributed by atoms with Crippen LogP contribution in [0.1, 0.15) is 40.5 Å². The SMILES string of the molecule is CCC(C)CO.CCC(C)CO.[K]. The minimum absolute atomic E-state index is 0. The number of hydrogen-bond donors (Lipinski definition) is 2. The van der Waals surface area contributed by atoms with Gasteiger partial charge in [-0.2, -0.15) is 0 Å². The minimum atomic E-state index is 0. The fourth-order valence-corrected chi connectivity index (χ4v) is 0.258. The first-order chi connectivity index (χ1) is 5.62. The van der Waals surface area contributed by atoms with Gasteiger partial charge in [0.05, 0.1) is 0 Å². The Labute approximate surface area is 126 Å². The Bertz CT molecular complexity index is 61.3. The Morgan fingerprint density at radius 1 is 0.846 bits per heavy atom. The van der Waals surface area contributed by atoms with Gasteiger partial charge in [-0.3, -0.25) is 0 Å². The molecule has 0 rings (SSSR count). The largest absolute Gasteiger partial charge is 0.396 e. The van der Waals surface area contributed by atoms with Gasteiger partial charge in [0.2, 0.25) is 0 Å². The molecule has 0 aromatic carbocycles. The van der Waals surface area contributed by atoms with Crippen LogP contribution in [-0.2, 0) is 0 Å². The maximum atomic E-state index is 8.33. The molecule has 0 aliphatic heterocycles. The average molecular weight is 215 g/mol. The van der Waals surface area contributed by atoms with Crippen LogP contribution in [0.5, 0.6) is 0 Å². The summed E-state index contributed by atoms with van der Waals surface area (Å²) in [7, 11) is 0. The fraction of sp³-hybridized carbons (Fsp3) is 1.00. The molecule has 2 N–H and O–H groups in total. The quantitative estimate of drug-likeness (QED) is 0.700. The molecule has 0 aromatic rings. The van der Waals surface area contributed by atoms with Crippen LogP contribution in [0.2, 0.25) is 0 Å². The Balaban J connectivity index is -0.000000143. The van der Waals surface area contributed by atoms with E-state index in [1.54, 1.807) is 0 Å². The van der Waals surface area contributed by atoms with E-state index in [-0.39, 0.29) is 51.4 Å². The van der Waals surface area contributed by atoms with Gasteiger partial charge in [0.15, 0.2) is 0 Å². The molecule has 0 saturated carbocycles. The molecule has 0 amide bonds. The molecule has 0 aromatic heterocycles. The van der Waals surface area contributed by atoms with E-state index in [1.165, 1.54) is 0 Å². The first-order valence-corrected chi connectivity index (χ1v) is 4.83. The summed E-state index contributed by atoms with van der Waals surface area (Å²) in [5, 5.41) is 16.7. The molecule has 0 spiro atoms. The Kier molecular flexibility index (Phi) is 24.7. The molecule has 0 aliphatic rings. The Morgan fingerprint density at radius 2 is 1.08 bits per heavy atom. The summed E-state index contributed by atoms with van der Waals surface area (Å²) in [5.74, 6) is 0.981. The van der Waals surface area contributed by atoms with Crippen molar-refractivity contribution in [2.45, 2.75) is 40.5 Å². The van der Waals surface area contributed by atoms with Gasteiger partial charge in [-0.15, -0.1) is 0 Å². The maximum absolute atomic E-state index is 8.33. The molecular weight excluding hydrogens is 191 g/mol. The van der Waals surface area contributed by atoms with Gasteiger partial charge in [0, 0.05) is 64.6 Å². The van der Waals surface area contributed by atoms with Gasteiger partial charge in [-0.25, -0.2) is 0 Å². The van der Waals surface area contributed by atoms with E-state index in [0.717, 1.165) is 12.8 Å². The van der Waals surface area contributed by atoms with Gasteiger partial charge in [-0.1, -0.05) is 40.5 Å². The molecule has 13 heavy (non-hydrogen) atoms. The molecule has 2 nitrogen and oxygen atoms in total. The summed E-state index contributed by atoms with van der Waals surface area (Å²) in [4.78, 5) is 0. The number of hydrogen-bond acceptors (Lipinski definition) is 2. The summed E-state index contributed by atoms with van der Waals surface area (Å²) < 4.78 is 0. The van der Waals surface area contributed by atoms with Crippen molar-refractivity contribution in [3.05, 3.63) is 0 Å². The molecular formula is C10H24KO2. The van der Waals surface area contributed by atoms with Crippen LogP contribution >= 0.6 is 0 Å². The first kappa shape index (κ1) is 20.0. The second-order valence-corrected chi connectivity index (χ2v) is 3.39. The molecule has 2 unspecified atom stereocenters. The van der Waals surface area contributed by atoms with Crippen molar-refractivity contribution >= 4 is 51.4 Å². The van der Waals surface area contributed by atoms with E-state index in [0.29, 0.717) is 25.0 Å². The number of aliphatic hydroxyl groups excluding tert-OH is 2. The summed E-state index contributed by atoms with van der Waals surface area (Å²) >= 11 is 0. The van der Waals surface area contributed by atoms with Crippen LogP contribution in [0.15, 0.2) is 0 Å². The topological polar surface area (TPSA) is 40.5 Å². The number of rotatable bonds is 4. The molecule has 0 aliphatic carbocycles. The van der Waals surface area contributed by atoms with Crippen molar-refractivity contribution in [3.8, 4) is 0 Å². The van der Waals surface area contributed by atoms with Gasteiger partial charge in [0.25, 0.3) is 0 Å². The van der Waals surface area contributed by atoms with Crippen molar-refractivity contribution in [3.63, 3.8) is 0 Å². The van der Waals surface area contributed by atoms with Crippen LogP contribution in [0, 0.1) is 11.8 Å². The molecule has 3 heteroatoms. The second kappa shape index (κ2) is 16.0. The smallest absolute Gasteiger partial charge is 0.0456 e. The zero-order valence-electron chi connectivity index (χ0n) is 9.88. The monoisotopic (exact) mass is 215 g/mol. The molecule has 0 bridgehead atoms. The third-order valence-electron chi connectivity index (χ3n) is 2.02. The van der Waals surface area contributed by atoms with E-state index >= 15 is 0 Å². The average Bonchev–Trinajstić information content (AvgIpc) is 2.16. The second-order valence-electron chi connectivity index (χ2n) is 3.39. The van der Waals surface area contributed by atoms with Crippen molar-refractivity contribution < 1.29 is 10.2 Å². The van der Waals surface area contributed by atoms with Crippen LogP contribution in [0.25, 0.3) is 0 Å². The maximum Gasteiger partial charge on any atom is 0.0456 e. The Hall–Kier alpha value is 1.56. The third kappa shape index (κ3) is 19.8. The standard InChI is InChI=1S/2C5H12O.K/c2*1-3-5(2)4-6;/h2*5-6H,3-4H2,1-2H3;. The van der Waals surface area contributed by atoms with E-state index in [9.17, 15) is 0 Å². The molecule has 0 saturated heterocycles. The summed E-state index contributed by atoms with van der Waals surface area (Å²) in [6, 6.07) is 0. The van der Waals surface area contributed by atoms with E-state index in [4.69, 9.17) is 10.2 Å². The van der Waals surface area contributed by atoms with Crippen LogP contribution in [0.4, 0.5) is 0 Å². The third-order valence-corrected chi connectivity index (χ3v) is 2.02. The predicted octanol–water partition coefficient (Wildman–Crippen LogP) is 1.67. The summed E-state index contributed by atoms with van der Waals surface area (Å²) in [6.07, 6.45) is 2.16. The van der Waals surface area contributed by atoms with Gasteiger partial charge in [0.1, 0.15) is 0 Å². The van der Waals surface area contributed by atoms with Crippen molar-refractivity contribution in [1.82, 2.24) is 0 Å². The zero-order valence-corrected chi connectivity index (χ0v) is 13.0. The summed E-state index contributed by atoms with van der Waals surface area (Å²) in [5.41, 5.74) is 0. The molecule has 0 heterocycles. The van der Waals surface area contributed by atoms with Crippen molar-refractivity contribution in [2.75, 3.05) is 13.2 Å². The summed E-state index contributed by atoms with van der Waals surface area (Å²) in [6.45, 7) is 8.86. The fourth-order valence-electron chi connectivity index (χ4n) is 0.258. The number of aliphatic hydroxyl groups is 2. The van der Waals surface area contributed by atoms with Crippen LogP contribution < -0.4 is 0 Å². The molecule has 2 atom stereocenters. The zero-order chi connectivity index (χ0) is 9.98. The van der Waals surface area contributed by atoms with Crippen molar-refractivity contribution in [1.29, 1.82) is 0 Å². The van der Waals surface area contributed by atoms with Crippen LogP contribution in [-0.4, -0.2) is 74.8 Å². The normalized spacial score (nSPS) is 13.4. The first-order valence-electron chi connectivity index (χ1n) is 4.83. The van der Waals surface area contributed by atoms with Crippen LogP contribution in [0.3, 0.4) is 0 Å². The molecule has 0 fully saturated rings. The van der Waals surface area contributed by atoms with Crippen molar-refractivity contribution in [2.24, 2.45) is 11.8 Å². The van der Waals surface area contributed by atoms with E-state index in [1.807, 2.05) is 13.8 Å².